The molecule has 2 heterocycles. The van der Waals surface area contributed by atoms with E-state index in [2.05, 4.69) is 22.5 Å². The summed E-state index contributed by atoms with van der Waals surface area (Å²) < 4.78 is 5.88. The molecule has 2 fully saturated rings. The second-order valence-electron chi connectivity index (χ2n) is 6.02. The molecule has 0 aromatic rings. The Labute approximate surface area is 122 Å². The van der Waals surface area contributed by atoms with Crippen LogP contribution in [0.4, 0.5) is 0 Å². The first-order valence-electron chi connectivity index (χ1n) is 8.07. The van der Waals surface area contributed by atoms with Crippen LogP contribution in [0.25, 0.3) is 0 Å². The summed E-state index contributed by atoms with van der Waals surface area (Å²) in [5, 5.41) is 6.25. The third-order valence-corrected chi connectivity index (χ3v) is 4.34. The van der Waals surface area contributed by atoms with Gasteiger partial charge in [0.15, 0.2) is 0 Å². The van der Waals surface area contributed by atoms with E-state index < -0.39 is 0 Å². The van der Waals surface area contributed by atoms with Gasteiger partial charge in [0.1, 0.15) is 0 Å². The maximum absolute atomic E-state index is 11.8. The molecule has 5 heteroatoms. The molecular formula is C15H29N3O2. The molecule has 0 radical (unpaired) electrons. The summed E-state index contributed by atoms with van der Waals surface area (Å²) in [4.78, 5) is 14.4. The highest BCUT2D eigenvalue weighted by Crippen LogP contribution is 2.22. The predicted molar refractivity (Wildman–Crippen MR) is 79.7 cm³/mol. The molecule has 0 saturated carbocycles. The van der Waals surface area contributed by atoms with Crippen molar-refractivity contribution in [3.8, 4) is 0 Å². The molecule has 3 atom stereocenters. The van der Waals surface area contributed by atoms with Gasteiger partial charge >= 0.3 is 0 Å². The van der Waals surface area contributed by atoms with Crippen molar-refractivity contribution < 1.29 is 9.53 Å². The molecule has 1 amide bonds. The summed E-state index contributed by atoms with van der Waals surface area (Å²) >= 11 is 0. The molecule has 2 aliphatic rings. The summed E-state index contributed by atoms with van der Waals surface area (Å²) in [5.41, 5.74) is 0. The predicted octanol–water partition coefficient (Wildman–Crippen LogP) is 0.744. The number of nitrogens with one attached hydrogen (secondary N) is 2. The minimum absolute atomic E-state index is 0.0910. The Balaban J connectivity index is 1.63. The van der Waals surface area contributed by atoms with Crippen LogP contribution in [0.5, 0.6) is 0 Å². The quantitative estimate of drug-likeness (QED) is 0.677. The number of morpholine rings is 1. The molecule has 2 aliphatic heterocycles. The van der Waals surface area contributed by atoms with Crippen molar-refractivity contribution in [2.45, 2.75) is 57.7 Å². The molecule has 20 heavy (non-hydrogen) atoms. The lowest BCUT2D eigenvalue weighted by atomic mass is 10.2. The smallest absolute Gasteiger partial charge is 0.236 e. The van der Waals surface area contributed by atoms with Crippen molar-refractivity contribution in [3.05, 3.63) is 0 Å². The van der Waals surface area contributed by atoms with E-state index in [1.807, 2.05) is 6.92 Å². The Morgan fingerprint density at radius 2 is 2.35 bits per heavy atom. The SMILES string of the molecule is CCCCNC(=O)C(C)NCC1CN2CCCC2CO1. The molecule has 3 unspecified atom stereocenters. The third-order valence-electron chi connectivity index (χ3n) is 4.34. The maximum Gasteiger partial charge on any atom is 0.236 e. The molecule has 0 aliphatic carbocycles. The molecule has 5 nitrogen and oxygen atoms in total. The molecular weight excluding hydrogens is 254 g/mol. The number of amides is 1. The number of unbranched alkanes of at least 4 members (excludes halogenated alkanes) is 1. The summed E-state index contributed by atoms with van der Waals surface area (Å²) in [6, 6.07) is 0.493. The zero-order valence-corrected chi connectivity index (χ0v) is 12.9. The average molecular weight is 283 g/mol. The highest BCUT2D eigenvalue weighted by atomic mass is 16.5. The molecule has 0 aromatic carbocycles. The van der Waals surface area contributed by atoms with E-state index in [1.165, 1.54) is 19.4 Å². The van der Waals surface area contributed by atoms with Crippen molar-refractivity contribution in [2.75, 3.05) is 32.8 Å². The van der Waals surface area contributed by atoms with Crippen molar-refractivity contribution in [3.63, 3.8) is 0 Å². The summed E-state index contributed by atoms with van der Waals surface area (Å²) in [6.07, 6.45) is 4.94. The molecule has 2 rings (SSSR count). The fourth-order valence-electron chi connectivity index (χ4n) is 2.95. The normalized spacial score (nSPS) is 28.1. The van der Waals surface area contributed by atoms with Crippen LogP contribution in [0.3, 0.4) is 0 Å². The van der Waals surface area contributed by atoms with Crippen LogP contribution in [-0.2, 0) is 9.53 Å². The summed E-state index contributed by atoms with van der Waals surface area (Å²) in [6.45, 7) is 8.63. The second-order valence-corrected chi connectivity index (χ2v) is 6.02. The van der Waals surface area contributed by atoms with Gasteiger partial charge in [-0.3, -0.25) is 9.69 Å². The van der Waals surface area contributed by atoms with Gasteiger partial charge in [-0.15, -0.1) is 0 Å². The zero-order chi connectivity index (χ0) is 14.4. The lowest BCUT2D eigenvalue weighted by Gasteiger charge is -2.35. The van der Waals surface area contributed by atoms with Gasteiger partial charge in [-0.2, -0.15) is 0 Å². The molecule has 0 bridgehead atoms. The van der Waals surface area contributed by atoms with E-state index in [9.17, 15) is 4.79 Å². The zero-order valence-electron chi connectivity index (χ0n) is 12.9. The largest absolute Gasteiger partial charge is 0.374 e. The minimum atomic E-state index is -0.147. The van der Waals surface area contributed by atoms with Crippen LogP contribution in [0.15, 0.2) is 0 Å². The van der Waals surface area contributed by atoms with E-state index in [4.69, 9.17) is 4.74 Å². The Hall–Kier alpha value is -0.650. The highest BCUT2D eigenvalue weighted by molar-refractivity contribution is 5.81. The number of rotatable bonds is 7. The number of hydrogen-bond acceptors (Lipinski definition) is 4. The van der Waals surface area contributed by atoms with E-state index in [1.54, 1.807) is 0 Å². The minimum Gasteiger partial charge on any atom is -0.374 e. The van der Waals surface area contributed by atoms with Crippen LogP contribution in [0.1, 0.15) is 39.5 Å². The van der Waals surface area contributed by atoms with E-state index in [0.29, 0.717) is 6.04 Å². The monoisotopic (exact) mass is 283 g/mol. The first-order valence-corrected chi connectivity index (χ1v) is 8.07. The first kappa shape index (κ1) is 15.7. The van der Waals surface area contributed by atoms with Crippen LogP contribution in [-0.4, -0.2) is 61.8 Å². The molecule has 0 spiro atoms. The van der Waals surface area contributed by atoms with Crippen molar-refractivity contribution in [1.82, 2.24) is 15.5 Å². The van der Waals surface area contributed by atoms with Crippen LogP contribution in [0, 0.1) is 0 Å². The van der Waals surface area contributed by atoms with E-state index >= 15 is 0 Å². The Morgan fingerprint density at radius 3 is 3.15 bits per heavy atom. The lowest BCUT2D eigenvalue weighted by Crippen LogP contribution is -2.52. The van der Waals surface area contributed by atoms with Gasteiger partial charge in [-0.05, 0) is 32.7 Å². The van der Waals surface area contributed by atoms with Gasteiger partial charge in [0.05, 0.1) is 18.8 Å². The van der Waals surface area contributed by atoms with Crippen molar-refractivity contribution in [2.24, 2.45) is 0 Å². The fraction of sp³-hybridized carbons (Fsp3) is 0.933. The lowest BCUT2D eigenvalue weighted by molar-refractivity contribution is -0.123. The van der Waals surface area contributed by atoms with Gasteiger partial charge in [0.25, 0.3) is 0 Å². The number of nitrogens with zero attached hydrogens (tertiary/aromatic N) is 1. The molecule has 116 valence electrons. The summed E-state index contributed by atoms with van der Waals surface area (Å²) in [5.74, 6) is 0.0910. The second kappa shape index (κ2) is 7.96. The number of carbonyl (C=O) groups is 1. The van der Waals surface area contributed by atoms with Gasteiger partial charge in [0.2, 0.25) is 5.91 Å². The van der Waals surface area contributed by atoms with Crippen molar-refractivity contribution in [1.29, 1.82) is 0 Å². The molecule has 2 saturated heterocycles. The van der Waals surface area contributed by atoms with Gasteiger partial charge < -0.3 is 15.4 Å². The van der Waals surface area contributed by atoms with E-state index in [0.717, 1.165) is 39.1 Å². The van der Waals surface area contributed by atoms with Crippen LogP contribution in [0.2, 0.25) is 0 Å². The number of ether oxygens (including phenoxy) is 1. The maximum atomic E-state index is 11.8. The van der Waals surface area contributed by atoms with Gasteiger partial charge in [-0.25, -0.2) is 0 Å². The van der Waals surface area contributed by atoms with E-state index in [-0.39, 0.29) is 18.1 Å². The Bertz CT molecular complexity index is 311. The number of carbonyl (C=O) groups excluding carboxylic acids is 1. The van der Waals surface area contributed by atoms with Gasteiger partial charge in [-0.1, -0.05) is 13.3 Å². The Morgan fingerprint density at radius 1 is 1.50 bits per heavy atom. The average Bonchev–Trinajstić information content (AvgIpc) is 2.92. The topological polar surface area (TPSA) is 53.6 Å². The fourth-order valence-corrected chi connectivity index (χ4v) is 2.95. The Kier molecular flexibility index (Phi) is 6.26. The van der Waals surface area contributed by atoms with Crippen molar-refractivity contribution >= 4 is 5.91 Å². The van der Waals surface area contributed by atoms with Gasteiger partial charge in [0, 0.05) is 25.7 Å². The summed E-state index contributed by atoms with van der Waals surface area (Å²) in [7, 11) is 0. The third kappa shape index (κ3) is 4.43. The van der Waals surface area contributed by atoms with Crippen LogP contribution >= 0.6 is 0 Å². The number of hydrogen-bond donors (Lipinski definition) is 2. The molecule has 2 N–H and O–H groups in total. The highest BCUT2D eigenvalue weighted by Gasteiger charge is 2.32. The molecule has 0 aromatic heterocycles. The van der Waals surface area contributed by atoms with Crippen LogP contribution < -0.4 is 10.6 Å². The first-order chi connectivity index (χ1) is 9.70. The number of fused-ring (bicyclic) bond motifs is 1. The standard InChI is InChI=1S/C15H29N3O2/c1-3-4-7-16-15(19)12(2)17-9-14-10-18-8-5-6-13(18)11-20-14/h12-14,17H,3-11H2,1-2H3,(H,16,19).